The van der Waals surface area contributed by atoms with Crippen LogP contribution in [0.3, 0.4) is 0 Å². The van der Waals surface area contributed by atoms with Gasteiger partial charge in [-0.3, -0.25) is 0 Å². The highest BCUT2D eigenvalue weighted by molar-refractivity contribution is 5.74. The third-order valence-electron chi connectivity index (χ3n) is 4.22. The summed E-state index contributed by atoms with van der Waals surface area (Å²) in [6, 6.07) is 8.11. The molecule has 0 atom stereocenters. The van der Waals surface area contributed by atoms with Gasteiger partial charge in [0.1, 0.15) is 12.4 Å². The lowest BCUT2D eigenvalue weighted by atomic mass is 10.0. The average Bonchev–Trinajstić information content (AvgIpc) is 2.55. The standard InChI is InChI=1S/C19H31N3O2/c1-15(2)14-22-11-8-17(9-12-22)21-19(23)20-10-13-24-18-6-4-16(3)5-7-18/h4-7,15,17H,8-14H2,1-3H3,(H2,20,21,23). The summed E-state index contributed by atoms with van der Waals surface area (Å²) in [5, 5.41) is 5.93. The van der Waals surface area contributed by atoms with Crippen LogP contribution < -0.4 is 15.4 Å². The number of likely N-dealkylation sites (tertiary alicyclic amines) is 1. The quantitative estimate of drug-likeness (QED) is 0.755. The number of rotatable bonds is 7. The highest BCUT2D eigenvalue weighted by atomic mass is 16.5. The molecule has 134 valence electrons. The van der Waals surface area contributed by atoms with Crippen LogP contribution >= 0.6 is 0 Å². The van der Waals surface area contributed by atoms with E-state index >= 15 is 0 Å². The molecule has 0 unspecified atom stereocenters. The number of ether oxygens (including phenoxy) is 1. The normalized spacial score (nSPS) is 16.2. The van der Waals surface area contributed by atoms with Crippen molar-refractivity contribution in [2.45, 2.75) is 39.7 Å². The van der Waals surface area contributed by atoms with Gasteiger partial charge in [-0.1, -0.05) is 31.5 Å². The smallest absolute Gasteiger partial charge is 0.315 e. The molecule has 24 heavy (non-hydrogen) atoms. The molecule has 5 heteroatoms. The van der Waals surface area contributed by atoms with E-state index in [2.05, 4.69) is 29.4 Å². The molecule has 5 nitrogen and oxygen atoms in total. The molecule has 2 amide bonds. The van der Waals surface area contributed by atoms with E-state index in [4.69, 9.17) is 4.74 Å². The van der Waals surface area contributed by atoms with Crippen LogP contribution in [0.4, 0.5) is 4.79 Å². The molecule has 0 spiro atoms. The molecule has 1 aliphatic rings. The maximum absolute atomic E-state index is 11.9. The first-order valence-corrected chi connectivity index (χ1v) is 8.99. The lowest BCUT2D eigenvalue weighted by Crippen LogP contribution is -2.48. The van der Waals surface area contributed by atoms with Crippen molar-refractivity contribution in [2.24, 2.45) is 5.92 Å². The molecule has 1 aliphatic heterocycles. The van der Waals surface area contributed by atoms with E-state index in [0.29, 0.717) is 19.1 Å². The first kappa shape index (κ1) is 18.6. The van der Waals surface area contributed by atoms with Crippen molar-refractivity contribution in [1.29, 1.82) is 0 Å². The molecular formula is C19H31N3O2. The summed E-state index contributed by atoms with van der Waals surface area (Å²) >= 11 is 0. The van der Waals surface area contributed by atoms with Gasteiger partial charge in [0.25, 0.3) is 0 Å². The van der Waals surface area contributed by atoms with Crippen LogP contribution in [0.15, 0.2) is 24.3 Å². The van der Waals surface area contributed by atoms with E-state index < -0.39 is 0 Å². The Hall–Kier alpha value is -1.75. The minimum atomic E-state index is -0.0928. The fourth-order valence-electron chi connectivity index (χ4n) is 2.98. The fourth-order valence-corrected chi connectivity index (χ4v) is 2.98. The van der Waals surface area contributed by atoms with Gasteiger partial charge in [0.2, 0.25) is 0 Å². The molecule has 1 fully saturated rings. The Morgan fingerprint density at radius 1 is 1.25 bits per heavy atom. The second-order valence-electron chi connectivity index (χ2n) is 7.03. The zero-order chi connectivity index (χ0) is 17.4. The Morgan fingerprint density at radius 2 is 1.92 bits per heavy atom. The van der Waals surface area contributed by atoms with Crippen LogP contribution in [0.5, 0.6) is 5.75 Å². The van der Waals surface area contributed by atoms with Gasteiger partial charge in [0.05, 0.1) is 6.54 Å². The molecule has 0 aromatic heterocycles. The number of carbonyl (C=O) groups is 1. The van der Waals surface area contributed by atoms with Crippen molar-refractivity contribution in [3.8, 4) is 5.75 Å². The van der Waals surface area contributed by atoms with E-state index in [-0.39, 0.29) is 12.1 Å². The summed E-state index contributed by atoms with van der Waals surface area (Å²) < 4.78 is 5.60. The average molecular weight is 333 g/mol. The van der Waals surface area contributed by atoms with Gasteiger partial charge in [0, 0.05) is 25.7 Å². The van der Waals surface area contributed by atoms with Gasteiger partial charge >= 0.3 is 6.03 Å². The Kier molecular flexibility index (Phi) is 7.37. The summed E-state index contributed by atoms with van der Waals surface area (Å²) in [7, 11) is 0. The highest BCUT2D eigenvalue weighted by Crippen LogP contribution is 2.12. The number of carbonyl (C=O) groups excluding carboxylic acids is 1. The maximum Gasteiger partial charge on any atom is 0.315 e. The molecule has 2 N–H and O–H groups in total. The van der Waals surface area contributed by atoms with Crippen molar-refractivity contribution < 1.29 is 9.53 Å². The Morgan fingerprint density at radius 3 is 2.54 bits per heavy atom. The molecule has 0 saturated carbocycles. The van der Waals surface area contributed by atoms with E-state index in [9.17, 15) is 4.79 Å². The van der Waals surface area contributed by atoms with E-state index in [0.717, 1.165) is 38.2 Å². The Bertz CT molecular complexity index is 494. The van der Waals surface area contributed by atoms with E-state index in [1.54, 1.807) is 0 Å². The van der Waals surface area contributed by atoms with Crippen molar-refractivity contribution in [2.75, 3.05) is 32.8 Å². The molecular weight excluding hydrogens is 302 g/mol. The van der Waals surface area contributed by atoms with Gasteiger partial charge in [-0.2, -0.15) is 0 Å². The van der Waals surface area contributed by atoms with Gasteiger partial charge in [-0.15, -0.1) is 0 Å². The second-order valence-corrected chi connectivity index (χ2v) is 7.03. The van der Waals surface area contributed by atoms with Crippen molar-refractivity contribution in [1.82, 2.24) is 15.5 Å². The third-order valence-corrected chi connectivity index (χ3v) is 4.22. The van der Waals surface area contributed by atoms with Crippen LogP contribution in [-0.4, -0.2) is 49.8 Å². The van der Waals surface area contributed by atoms with Crippen molar-refractivity contribution in [3.05, 3.63) is 29.8 Å². The number of nitrogens with one attached hydrogen (secondary N) is 2. The lowest BCUT2D eigenvalue weighted by Gasteiger charge is -2.33. The number of urea groups is 1. The number of amides is 2. The van der Waals surface area contributed by atoms with Gasteiger partial charge in [0.15, 0.2) is 0 Å². The molecule has 1 aromatic carbocycles. The fraction of sp³-hybridized carbons (Fsp3) is 0.632. The molecule has 1 aromatic rings. The Balaban J connectivity index is 1.56. The molecule has 0 aliphatic carbocycles. The SMILES string of the molecule is Cc1ccc(OCCNC(=O)NC2CCN(CC(C)C)CC2)cc1. The van der Waals surface area contributed by atoms with Crippen LogP contribution in [0.25, 0.3) is 0 Å². The summed E-state index contributed by atoms with van der Waals surface area (Å²) in [5.74, 6) is 1.53. The number of hydrogen-bond acceptors (Lipinski definition) is 3. The molecule has 1 heterocycles. The van der Waals surface area contributed by atoms with E-state index in [1.807, 2.05) is 31.2 Å². The van der Waals surface area contributed by atoms with Crippen molar-refractivity contribution >= 4 is 6.03 Å². The van der Waals surface area contributed by atoms with E-state index in [1.165, 1.54) is 5.56 Å². The van der Waals surface area contributed by atoms with Crippen molar-refractivity contribution in [3.63, 3.8) is 0 Å². The molecule has 2 rings (SSSR count). The number of hydrogen-bond donors (Lipinski definition) is 2. The maximum atomic E-state index is 11.9. The number of nitrogens with zero attached hydrogens (tertiary/aromatic N) is 1. The number of aryl methyl sites for hydroxylation is 1. The Labute approximate surface area is 145 Å². The third kappa shape index (κ3) is 6.79. The largest absolute Gasteiger partial charge is 0.492 e. The minimum absolute atomic E-state index is 0.0928. The first-order chi connectivity index (χ1) is 11.5. The number of piperidine rings is 1. The van der Waals surface area contributed by atoms with Crippen LogP contribution in [-0.2, 0) is 0 Å². The molecule has 0 radical (unpaired) electrons. The monoisotopic (exact) mass is 333 g/mol. The minimum Gasteiger partial charge on any atom is -0.492 e. The zero-order valence-electron chi connectivity index (χ0n) is 15.2. The highest BCUT2D eigenvalue weighted by Gasteiger charge is 2.20. The van der Waals surface area contributed by atoms with Crippen LogP contribution in [0, 0.1) is 12.8 Å². The van der Waals surface area contributed by atoms with Gasteiger partial charge < -0.3 is 20.3 Å². The number of benzene rings is 1. The van der Waals surface area contributed by atoms with Gasteiger partial charge in [-0.25, -0.2) is 4.79 Å². The predicted molar refractivity (Wildman–Crippen MR) is 97.5 cm³/mol. The van der Waals surface area contributed by atoms with Crippen LogP contribution in [0.1, 0.15) is 32.3 Å². The molecule has 1 saturated heterocycles. The summed E-state index contributed by atoms with van der Waals surface area (Å²) in [4.78, 5) is 14.4. The zero-order valence-corrected chi connectivity index (χ0v) is 15.2. The lowest BCUT2D eigenvalue weighted by molar-refractivity contribution is 0.177. The summed E-state index contributed by atoms with van der Waals surface area (Å²) in [6.07, 6.45) is 2.06. The summed E-state index contributed by atoms with van der Waals surface area (Å²) in [5.41, 5.74) is 1.21. The molecule has 0 bridgehead atoms. The first-order valence-electron chi connectivity index (χ1n) is 8.99. The topological polar surface area (TPSA) is 53.6 Å². The van der Waals surface area contributed by atoms with Gasteiger partial charge in [-0.05, 0) is 37.8 Å². The summed E-state index contributed by atoms with van der Waals surface area (Å²) in [6.45, 7) is 10.8. The predicted octanol–water partition coefficient (Wildman–Crippen LogP) is 2.79. The second kappa shape index (κ2) is 9.52. The van der Waals surface area contributed by atoms with Crippen LogP contribution in [0.2, 0.25) is 0 Å².